The zero-order valence-corrected chi connectivity index (χ0v) is 23.2. The molecule has 1 saturated carbocycles. The number of amides is 1. The van der Waals surface area contributed by atoms with Gasteiger partial charge in [-0.3, -0.25) is 9.69 Å². The van der Waals surface area contributed by atoms with E-state index in [2.05, 4.69) is 11.8 Å². The summed E-state index contributed by atoms with van der Waals surface area (Å²) in [6.45, 7) is 2.68. The maximum absolute atomic E-state index is 14.8. The molecule has 200 valence electrons. The van der Waals surface area contributed by atoms with Gasteiger partial charge in [0.05, 0.1) is 18.4 Å². The number of piperidine rings is 1. The number of ether oxygens (including phenoxy) is 1. The number of halogens is 3. The van der Waals surface area contributed by atoms with Gasteiger partial charge in [0.15, 0.2) is 0 Å². The maximum Gasteiger partial charge on any atom is 0.267 e. The third-order valence-corrected chi connectivity index (χ3v) is 8.81. The monoisotopic (exact) mass is 568 g/mol. The van der Waals surface area contributed by atoms with Gasteiger partial charge >= 0.3 is 0 Å². The van der Waals surface area contributed by atoms with Crippen LogP contribution in [0.3, 0.4) is 0 Å². The number of fused-ring (bicyclic) bond motifs is 2. The smallest absolute Gasteiger partial charge is 0.267 e. The number of carbonyl (C=O) groups is 1. The van der Waals surface area contributed by atoms with Crippen molar-refractivity contribution in [3.8, 4) is 5.75 Å². The molecular formula is C27H31Cl2FN2O4S. The molecule has 2 unspecified atom stereocenters. The molecule has 2 bridgehead atoms. The summed E-state index contributed by atoms with van der Waals surface area (Å²) in [4.78, 5) is 14.9. The molecule has 2 heterocycles. The van der Waals surface area contributed by atoms with Crippen molar-refractivity contribution in [2.75, 3.05) is 12.9 Å². The van der Waals surface area contributed by atoms with Crippen LogP contribution >= 0.6 is 23.2 Å². The standard InChI is InChI=1S/C27H31Cl2FN2O4S/c1-15(18-9-19(28)11-20(29)10-18)32-21-5-6-22(32)8-16(7-21)14-36-26-13-25(30)24(12-23(26)17-3-4-17)27(33)31-37(2,34)35/h9-13,15-17,21-22H,3-8,14H2,1-2H3,(H,31,33)/t15-,16?,21?,22?/m1/s1. The Labute approximate surface area is 227 Å². The Morgan fingerprint density at radius 2 is 1.70 bits per heavy atom. The van der Waals surface area contributed by atoms with E-state index in [-0.39, 0.29) is 17.5 Å². The van der Waals surface area contributed by atoms with E-state index in [4.69, 9.17) is 27.9 Å². The summed E-state index contributed by atoms with van der Waals surface area (Å²) < 4.78 is 45.8. The zero-order valence-electron chi connectivity index (χ0n) is 20.8. The van der Waals surface area contributed by atoms with E-state index in [9.17, 15) is 17.6 Å². The molecule has 0 radical (unpaired) electrons. The lowest BCUT2D eigenvalue weighted by atomic mass is 9.89. The van der Waals surface area contributed by atoms with Gasteiger partial charge in [0.25, 0.3) is 5.91 Å². The van der Waals surface area contributed by atoms with Crippen LogP contribution in [0.1, 0.15) is 78.9 Å². The highest BCUT2D eigenvalue weighted by molar-refractivity contribution is 7.89. The number of nitrogens with one attached hydrogen (secondary N) is 1. The fourth-order valence-electron chi connectivity index (χ4n) is 6.10. The van der Waals surface area contributed by atoms with Crippen molar-refractivity contribution in [2.24, 2.45) is 5.92 Å². The number of sulfonamides is 1. The van der Waals surface area contributed by atoms with E-state index in [0.29, 0.717) is 40.4 Å². The normalized spacial score (nSPS) is 24.6. The van der Waals surface area contributed by atoms with Crippen molar-refractivity contribution in [1.29, 1.82) is 0 Å². The van der Waals surface area contributed by atoms with E-state index in [1.807, 2.05) is 16.9 Å². The van der Waals surface area contributed by atoms with Crippen LogP contribution < -0.4 is 9.46 Å². The molecule has 10 heteroatoms. The number of hydrogen-bond donors (Lipinski definition) is 1. The molecule has 2 aromatic rings. The molecule has 1 N–H and O–H groups in total. The van der Waals surface area contributed by atoms with Crippen LogP contribution in [0.25, 0.3) is 0 Å². The number of carbonyl (C=O) groups excluding carboxylic acids is 1. The van der Waals surface area contributed by atoms with Gasteiger partial charge in [-0.1, -0.05) is 23.2 Å². The minimum atomic E-state index is -3.79. The van der Waals surface area contributed by atoms with E-state index in [1.165, 1.54) is 12.1 Å². The molecule has 37 heavy (non-hydrogen) atoms. The first-order valence-electron chi connectivity index (χ1n) is 12.7. The Morgan fingerprint density at radius 1 is 1.08 bits per heavy atom. The molecule has 1 amide bonds. The Kier molecular flexibility index (Phi) is 7.48. The lowest BCUT2D eigenvalue weighted by Gasteiger charge is -2.42. The molecule has 5 rings (SSSR count). The molecule has 2 saturated heterocycles. The molecule has 3 aliphatic rings. The van der Waals surface area contributed by atoms with Crippen LogP contribution in [0, 0.1) is 11.7 Å². The first-order chi connectivity index (χ1) is 17.5. The lowest BCUT2D eigenvalue weighted by molar-refractivity contribution is 0.0492. The summed E-state index contributed by atoms with van der Waals surface area (Å²) in [5.41, 5.74) is 1.61. The third-order valence-electron chi connectivity index (χ3n) is 7.82. The van der Waals surface area contributed by atoms with Gasteiger partial charge in [0, 0.05) is 34.2 Å². The van der Waals surface area contributed by atoms with Crippen molar-refractivity contribution in [2.45, 2.75) is 69.5 Å². The molecular weight excluding hydrogens is 538 g/mol. The Balaban J connectivity index is 1.27. The van der Waals surface area contributed by atoms with Gasteiger partial charge in [-0.05, 0) is 92.7 Å². The average molecular weight is 570 g/mol. The van der Waals surface area contributed by atoms with Crippen LogP contribution in [0.15, 0.2) is 30.3 Å². The molecule has 1 aliphatic carbocycles. The molecule has 2 aromatic carbocycles. The number of benzene rings is 2. The van der Waals surface area contributed by atoms with E-state index >= 15 is 0 Å². The first-order valence-corrected chi connectivity index (χ1v) is 15.3. The van der Waals surface area contributed by atoms with Crippen LogP contribution in [-0.4, -0.2) is 44.2 Å². The molecule has 6 nitrogen and oxygen atoms in total. The van der Waals surface area contributed by atoms with Crippen molar-refractivity contribution in [3.05, 3.63) is 62.9 Å². The SMILES string of the molecule is C[C@H](c1cc(Cl)cc(Cl)c1)N1C2CCC1CC(COc1cc(F)c(C(=O)NS(C)(=O)=O)cc1C1CC1)C2. The first kappa shape index (κ1) is 26.7. The second kappa shape index (κ2) is 10.4. The summed E-state index contributed by atoms with van der Waals surface area (Å²) in [5, 5.41) is 1.28. The van der Waals surface area contributed by atoms with Crippen LogP contribution in [0.5, 0.6) is 5.75 Å². The fourth-order valence-corrected chi connectivity index (χ4v) is 7.09. The lowest BCUT2D eigenvalue weighted by Crippen LogP contribution is -2.45. The third kappa shape index (κ3) is 6.08. The predicted octanol–water partition coefficient (Wildman–Crippen LogP) is 6.08. The zero-order chi connectivity index (χ0) is 26.5. The second-order valence-corrected chi connectivity index (χ2v) is 13.3. The highest BCUT2D eigenvalue weighted by Gasteiger charge is 2.43. The largest absolute Gasteiger partial charge is 0.493 e. The molecule has 3 fully saturated rings. The van der Waals surface area contributed by atoms with Gasteiger partial charge in [-0.2, -0.15) is 0 Å². The Morgan fingerprint density at radius 3 is 2.27 bits per heavy atom. The maximum atomic E-state index is 14.8. The number of hydrogen-bond acceptors (Lipinski definition) is 5. The fraction of sp³-hybridized carbons (Fsp3) is 0.519. The average Bonchev–Trinajstić information content (AvgIpc) is 3.60. The molecule has 3 atom stereocenters. The predicted molar refractivity (Wildman–Crippen MR) is 142 cm³/mol. The second-order valence-electron chi connectivity index (χ2n) is 10.7. The minimum Gasteiger partial charge on any atom is -0.493 e. The van der Waals surface area contributed by atoms with Crippen LogP contribution in [0.2, 0.25) is 10.0 Å². The van der Waals surface area contributed by atoms with Crippen molar-refractivity contribution < 1.29 is 22.3 Å². The molecule has 0 spiro atoms. The highest BCUT2D eigenvalue weighted by Crippen LogP contribution is 2.47. The number of rotatable bonds is 8. The Hall–Kier alpha value is -1.87. The summed E-state index contributed by atoms with van der Waals surface area (Å²) >= 11 is 12.5. The van der Waals surface area contributed by atoms with E-state index < -0.39 is 21.7 Å². The van der Waals surface area contributed by atoms with Crippen LogP contribution in [0.4, 0.5) is 4.39 Å². The Bertz CT molecular complexity index is 1280. The molecule has 2 aliphatic heterocycles. The van der Waals surface area contributed by atoms with Gasteiger partial charge in [0.1, 0.15) is 11.6 Å². The van der Waals surface area contributed by atoms with Crippen LogP contribution in [-0.2, 0) is 10.0 Å². The van der Waals surface area contributed by atoms with E-state index in [0.717, 1.165) is 55.9 Å². The van der Waals surface area contributed by atoms with E-state index in [1.54, 1.807) is 6.07 Å². The summed E-state index contributed by atoms with van der Waals surface area (Å²) in [7, 11) is -3.79. The number of nitrogens with zero attached hydrogens (tertiary/aromatic N) is 1. The van der Waals surface area contributed by atoms with Gasteiger partial charge in [-0.15, -0.1) is 0 Å². The van der Waals surface area contributed by atoms with Crippen molar-refractivity contribution in [3.63, 3.8) is 0 Å². The summed E-state index contributed by atoms with van der Waals surface area (Å²) in [6.07, 6.45) is 6.98. The van der Waals surface area contributed by atoms with Crippen molar-refractivity contribution in [1.82, 2.24) is 9.62 Å². The van der Waals surface area contributed by atoms with Gasteiger partial charge in [-0.25, -0.2) is 17.5 Å². The quantitative estimate of drug-likeness (QED) is 0.417. The molecule has 0 aromatic heterocycles. The summed E-state index contributed by atoms with van der Waals surface area (Å²) in [6, 6.07) is 9.48. The minimum absolute atomic E-state index is 0.198. The van der Waals surface area contributed by atoms with Crippen molar-refractivity contribution >= 4 is 39.1 Å². The summed E-state index contributed by atoms with van der Waals surface area (Å²) in [5.74, 6) is -0.763. The van der Waals surface area contributed by atoms with Gasteiger partial charge < -0.3 is 4.74 Å². The van der Waals surface area contributed by atoms with Gasteiger partial charge in [0.2, 0.25) is 10.0 Å². The highest BCUT2D eigenvalue weighted by atomic mass is 35.5. The topological polar surface area (TPSA) is 75.7 Å².